The van der Waals surface area contributed by atoms with Crippen molar-refractivity contribution >= 4 is 29.0 Å². The lowest BCUT2D eigenvalue weighted by Gasteiger charge is -2.26. The molecule has 4 aromatic carbocycles. The molecule has 1 unspecified atom stereocenters. The average Bonchev–Trinajstić information content (AvgIpc) is 3.05. The van der Waals surface area contributed by atoms with Gasteiger partial charge in [-0.2, -0.15) is 0 Å². The predicted molar refractivity (Wildman–Crippen MR) is 172 cm³/mol. The van der Waals surface area contributed by atoms with E-state index in [1.165, 1.54) is 0 Å². The van der Waals surface area contributed by atoms with E-state index in [1.54, 1.807) is 72.7 Å². The van der Waals surface area contributed by atoms with Gasteiger partial charge in [0.15, 0.2) is 5.78 Å². The molecule has 8 heteroatoms. The average molecular weight is 595 g/mol. The molecule has 0 fully saturated rings. The molecule has 2 N–H and O–H groups in total. The van der Waals surface area contributed by atoms with Crippen LogP contribution in [0.1, 0.15) is 41.8 Å². The lowest BCUT2D eigenvalue weighted by atomic mass is 10.00. The number of aliphatic carboxylic acids is 1. The summed E-state index contributed by atoms with van der Waals surface area (Å²) in [6.45, 7) is 4.60. The van der Waals surface area contributed by atoms with Crippen LogP contribution in [0.5, 0.6) is 11.5 Å². The molecule has 4 rings (SSSR count). The molecule has 0 aromatic heterocycles. The van der Waals surface area contributed by atoms with E-state index < -0.39 is 12.0 Å². The van der Waals surface area contributed by atoms with Gasteiger partial charge in [0.1, 0.15) is 17.5 Å². The Morgan fingerprint density at radius 2 is 1.50 bits per heavy atom. The maximum absolute atomic E-state index is 13.1. The molecule has 1 atom stereocenters. The number of benzene rings is 4. The van der Waals surface area contributed by atoms with Crippen LogP contribution >= 0.6 is 0 Å². The Morgan fingerprint density at radius 1 is 0.841 bits per heavy atom. The quantitative estimate of drug-likeness (QED) is 0.120. The van der Waals surface area contributed by atoms with Gasteiger partial charge in [-0.25, -0.2) is 4.79 Å². The van der Waals surface area contributed by atoms with Gasteiger partial charge < -0.3 is 24.8 Å². The highest BCUT2D eigenvalue weighted by Crippen LogP contribution is 2.29. The van der Waals surface area contributed by atoms with Crippen molar-refractivity contribution in [2.24, 2.45) is 5.92 Å². The van der Waals surface area contributed by atoms with E-state index in [-0.39, 0.29) is 24.0 Å². The minimum absolute atomic E-state index is 0.00695. The number of nitrogens with zero attached hydrogens (tertiary/aromatic N) is 1. The zero-order chi connectivity index (χ0) is 31.5. The number of carbonyl (C=O) groups excluding carboxylic acids is 2. The maximum atomic E-state index is 13.1. The number of rotatable bonds is 15. The van der Waals surface area contributed by atoms with Crippen LogP contribution in [-0.4, -0.2) is 49.1 Å². The summed E-state index contributed by atoms with van der Waals surface area (Å²) in [6, 6.07) is 29.6. The molecular formula is C36H38N2O6. The first-order chi connectivity index (χ1) is 21.3. The predicted octanol–water partition coefficient (Wildman–Crippen LogP) is 6.49. The molecular weight excluding hydrogens is 556 g/mol. The Morgan fingerprint density at radius 3 is 2.18 bits per heavy atom. The second kappa shape index (κ2) is 15.4. The highest BCUT2D eigenvalue weighted by molar-refractivity contribution is 6.12. The minimum Gasteiger partial charge on any atom is -0.495 e. The third kappa shape index (κ3) is 8.25. The molecule has 0 aliphatic rings. The monoisotopic (exact) mass is 594 g/mol. The Bertz CT molecular complexity index is 1550. The lowest BCUT2D eigenvalue weighted by molar-refractivity contribution is -0.137. The molecule has 0 spiro atoms. The first-order valence-electron chi connectivity index (χ1n) is 14.6. The number of ketones is 1. The van der Waals surface area contributed by atoms with Crippen LogP contribution in [0.3, 0.4) is 0 Å². The third-order valence-corrected chi connectivity index (χ3v) is 7.13. The molecule has 4 aromatic rings. The fraction of sp³-hybridized carbons (Fsp3) is 0.250. The number of hydrogen-bond donors (Lipinski definition) is 2. The molecule has 0 saturated carbocycles. The van der Waals surface area contributed by atoms with Gasteiger partial charge in [0.25, 0.3) is 0 Å². The number of hydrogen-bond acceptors (Lipinski definition) is 6. The first kappa shape index (κ1) is 31.8. The molecule has 44 heavy (non-hydrogen) atoms. The van der Waals surface area contributed by atoms with Gasteiger partial charge >= 0.3 is 5.97 Å². The molecule has 1 amide bonds. The van der Waals surface area contributed by atoms with E-state index in [9.17, 15) is 19.5 Å². The van der Waals surface area contributed by atoms with Gasteiger partial charge in [-0.3, -0.25) is 9.59 Å². The van der Waals surface area contributed by atoms with Gasteiger partial charge in [-0.15, -0.1) is 0 Å². The van der Waals surface area contributed by atoms with Crippen molar-refractivity contribution < 1.29 is 29.0 Å². The van der Waals surface area contributed by atoms with Gasteiger partial charge in [-0.05, 0) is 48.4 Å². The highest BCUT2D eigenvalue weighted by Gasteiger charge is 2.23. The van der Waals surface area contributed by atoms with Crippen molar-refractivity contribution in [1.29, 1.82) is 0 Å². The zero-order valence-electron chi connectivity index (χ0n) is 25.2. The summed E-state index contributed by atoms with van der Waals surface area (Å²) in [5.74, 6) is -0.0885. The Kier molecular flexibility index (Phi) is 11.1. The van der Waals surface area contributed by atoms with E-state index in [4.69, 9.17) is 9.47 Å². The van der Waals surface area contributed by atoms with Crippen molar-refractivity contribution in [1.82, 2.24) is 0 Å². The summed E-state index contributed by atoms with van der Waals surface area (Å²) in [7, 11) is 1.59. The fourth-order valence-corrected chi connectivity index (χ4v) is 4.82. The van der Waals surface area contributed by atoms with Crippen molar-refractivity contribution in [2.45, 2.75) is 32.7 Å². The summed E-state index contributed by atoms with van der Waals surface area (Å²) < 4.78 is 11.4. The summed E-state index contributed by atoms with van der Waals surface area (Å²) >= 11 is 0. The standard InChI is InChI=1S/C36H38N2O6/c1-25(2)35(40)38(32-16-9-10-17-33(32)43-3)22-11-23-44-28-20-18-26(19-21-28)24-31(36(41)42)37-30-15-8-7-14-29(30)34(39)27-12-5-4-6-13-27/h4-10,12-21,25,31,37H,11,22-24H2,1-3H3,(H,41,42). The number of para-hydroxylation sites is 3. The molecule has 0 aliphatic carbocycles. The smallest absolute Gasteiger partial charge is 0.326 e. The van der Waals surface area contributed by atoms with E-state index in [2.05, 4.69) is 5.32 Å². The Balaban J connectivity index is 1.36. The summed E-state index contributed by atoms with van der Waals surface area (Å²) in [6.07, 6.45) is 0.805. The van der Waals surface area contributed by atoms with E-state index in [0.717, 1.165) is 11.3 Å². The topological polar surface area (TPSA) is 105 Å². The molecule has 0 heterocycles. The number of ether oxygens (including phenoxy) is 2. The number of amides is 1. The zero-order valence-corrected chi connectivity index (χ0v) is 25.2. The fourth-order valence-electron chi connectivity index (χ4n) is 4.82. The second-order valence-corrected chi connectivity index (χ2v) is 10.6. The van der Waals surface area contributed by atoms with Crippen LogP contribution in [0.2, 0.25) is 0 Å². The minimum atomic E-state index is -1.03. The Labute approximate surface area is 258 Å². The van der Waals surface area contributed by atoms with Crippen LogP contribution in [0.4, 0.5) is 11.4 Å². The molecule has 0 bridgehead atoms. The summed E-state index contributed by atoms with van der Waals surface area (Å²) in [5, 5.41) is 13.0. The van der Waals surface area contributed by atoms with E-state index >= 15 is 0 Å². The normalized spacial score (nSPS) is 11.5. The van der Waals surface area contributed by atoms with Gasteiger partial charge in [-0.1, -0.05) is 80.6 Å². The lowest BCUT2D eigenvalue weighted by Crippen LogP contribution is -2.36. The maximum Gasteiger partial charge on any atom is 0.326 e. The van der Waals surface area contributed by atoms with E-state index in [0.29, 0.717) is 47.9 Å². The number of anilines is 2. The number of nitrogens with one attached hydrogen (secondary N) is 1. The van der Waals surface area contributed by atoms with Gasteiger partial charge in [0.2, 0.25) is 5.91 Å². The SMILES string of the molecule is COc1ccccc1N(CCCOc1ccc(CC(Nc2ccccc2C(=O)c2ccccc2)C(=O)O)cc1)C(=O)C(C)C. The number of carboxylic acids is 1. The number of carbonyl (C=O) groups is 3. The molecule has 0 radical (unpaired) electrons. The van der Waals surface area contributed by atoms with Crippen molar-refractivity contribution in [3.63, 3.8) is 0 Å². The van der Waals surface area contributed by atoms with Crippen molar-refractivity contribution in [3.8, 4) is 11.5 Å². The molecule has 8 nitrogen and oxygen atoms in total. The molecule has 0 aliphatic heterocycles. The van der Waals surface area contributed by atoms with Crippen molar-refractivity contribution in [2.75, 3.05) is 30.5 Å². The van der Waals surface area contributed by atoms with Crippen LogP contribution in [0.25, 0.3) is 0 Å². The van der Waals surface area contributed by atoms with E-state index in [1.807, 2.05) is 56.3 Å². The first-order valence-corrected chi connectivity index (χ1v) is 14.6. The van der Waals surface area contributed by atoms with Crippen LogP contribution < -0.4 is 19.7 Å². The number of carboxylic acid groups (broad SMARTS) is 1. The summed E-state index contributed by atoms with van der Waals surface area (Å²) in [4.78, 5) is 40.0. The third-order valence-electron chi connectivity index (χ3n) is 7.13. The largest absolute Gasteiger partial charge is 0.495 e. The second-order valence-electron chi connectivity index (χ2n) is 10.6. The molecule has 0 saturated heterocycles. The highest BCUT2D eigenvalue weighted by atomic mass is 16.5. The van der Waals surface area contributed by atoms with Gasteiger partial charge in [0.05, 0.1) is 19.4 Å². The summed E-state index contributed by atoms with van der Waals surface area (Å²) in [5.41, 5.74) is 2.93. The Hall–Kier alpha value is -5.11. The van der Waals surface area contributed by atoms with Crippen LogP contribution in [0.15, 0.2) is 103 Å². The number of methoxy groups -OCH3 is 1. The van der Waals surface area contributed by atoms with Crippen LogP contribution in [0, 0.1) is 5.92 Å². The van der Waals surface area contributed by atoms with Crippen LogP contribution in [-0.2, 0) is 16.0 Å². The van der Waals surface area contributed by atoms with Crippen molar-refractivity contribution in [3.05, 3.63) is 120 Å². The van der Waals surface area contributed by atoms with Gasteiger partial charge in [0, 0.05) is 35.7 Å². The molecule has 228 valence electrons.